The lowest BCUT2D eigenvalue weighted by Gasteiger charge is -2.49. The number of aliphatic carboxylic acids is 1. The van der Waals surface area contributed by atoms with E-state index in [0.717, 1.165) is 4.90 Å². The zero-order valence-corrected chi connectivity index (χ0v) is 21.6. The summed E-state index contributed by atoms with van der Waals surface area (Å²) in [4.78, 5) is 66.1. The summed E-state index contributed by atoms with van der Waals surface area (Å²) >= 11 is 1.89. The lowest BCUT2D eigenvalue weighted by Crippen LogP contribution is -2.71. The first-order valence-corrected chi connectivity index (χ1v) is 14.0. The molecular formula is C19H21N7O8PS2+. The van der Waals surface area contributed by atoms with Gasteiger partial charge < -0.3 is 25.0 Å². The van der Waals surface area contributed by atoms with Crippen LogP contribution in [0.4, 0.5) is 5.13 Å². The SMILES string of the molecule is CCO/N=C(\C(=O)NC1C(=O)N2C(C(=O)O)=C(C[n+]3ccccc3)CS[C@H]12)c1nsc(NP(=O)(O)O)n1. The number of amides is 2. The summed E-state index contributed by atoms with van der Waals surface area (Å²) in [5.41, 5.74) is 0.0191. The highest BCUT2D eigenvalue weighted by Crippen LogP contribution is 2.40. The molecule has 0 saturated carbocycles. The largest absolute Gasteiger partial charge is 0.477 e. The average molecular weight is 571 g/mol. The minimum Gasteiger partial charge on any atom is -0.477 e. The van der Waals surface area contributed by atoms with Crippen LogP contribution < -0.4 is 15.0 Å². The predicted octanol–water partition coefficient (Wildman–Crippen LogP) is -0.490. The second-order valence-electron chi connectivity index (χ2n) is 7.60. The van der Waals surface area contributed by atoms with Crippen LogP contribution in [0.15, 0.2) is 47.0 Å². The molecule has 2 aromatic rings. The third-order valence-corrected chi connectivity index (χ3v) is 7.69. The van der Waals surface area contributed by atoms with Crippen LogP contribution in [0.3, 0.4) is 0 Å². The van der Waals surface area contributed by atoms with Crippen LogP contribution in [0.25, 0.3) is 0 Å². The van der Waals surface area contributed by atoms with E-state index in [0.29, 0.717) is 22.9 Å². The van der Waals surface area contributed by atoms with Crippen LogP contribution in [-0.2, 0) is 30.3 Å². The topological polar surface area (TPSA) is 208 Å². The Morgan fingerprint density at radius 1 is 1.32 bits per heavy atom. The minimum atomic E-state index is -4.65. The number of nitrogens with zero attached hydrogens (tertiary/aromatic N) is 5. The van der Waals surface area contributed by atoms with E-state index in [1.165, 1.54) is 11.8 Å². The van der Waals surface area contributed by atoms with Crippen molar-refractivity contribution in [3.63, 3.8) is 0 Å². The van der Waals surface area contributed by atoms with Gasteiger partial charge in [-0.2, -0.15) is 9.36 Å². The van der Waals surface area contributed by atoms with Gasteiger partial charge in [0.05, 0.1) is 0 Å². The molecule has 0 aromatic carbocycles. The van der Waals surface area contributed by atoms with Gasteiger partial charge in [-0.3, -0.25) is 19.6 Å². The van der Waals surface area contributed by atoms with Crippen molar-refractivity contribution in [2.45, 2.75) is 24.9 Å². The van der Waals surface area contributed by atoms with E-state index >= 15 is 0 Å². The fourth-order valence-corrected chi connectivity index (χ4v) is 6.16. The van der Waals surface area contributed by atoms with Crippen molar-refractivity contribution in [1.29, 1.82) is 0 Å². The molecule has 196 valence electrons. The number of carbonyl (C=O) groups excluding carboxylic acids is 2. The van der Waals surface area contributed by atoms with E-state index in [1.54, 1.807) is 23.9 Å². The molecule has 4 heterocycles. The molecule has 2 amide bonds. The van der Waals surface area contributed by atoms with Gasteiger partial charge in [0.1, 0.15) is 23.7 Å². The number of anilines is 1. The minimum absolute atomic E-state index is 0.0953. The van der Waals surface area contributed by atoms with Gasteiger partial charge in [0.2, 0.25) is 16.7 Å². The molecule has 0 bridgehead atoms. The highest BCUT2D eigenvalue weighted by Gasteiger charge is 2.54. The molecule has 1 saturated heterocycles. The van der Waals surface area contributed by atoms with Crippen molar-refractivity contribution in [3.05, 3.63) is 47.7 Å². The summed E-state index contributed by atoms with van der Waals surface area (Å²) in [5, 5.41) is 17.0. The quantitative estimate of drug-likeness (QED) is 0.0806. The normalized spacial score (nSPS) is 19.7. The van der Waals surface area contributed by atoms with Crippen LogP contribution in [0.1, 0.15) is 12.7 Å². The maximum absolute atomic E-state index is 13.0. The third kappa shape index (κ3) is 5.97. The number of hydrogen-bond donors (Lipinski definition) is 5. The number of rotatable bonds is 10. The smallest absolute Gasteiger partial charge is 0.429 e. The van der Waals surface area contributed by atoms with Crippen molar-refractivity contribution < 1.29 is 43.2 Å². The predicted molar refractivity (Wildman–Crippen MR) is 130 cm³/mol. The number of carbonyl (C=O) groups is 3. The molecule has 0 spiro atoms. The lowest BCUT2D eigenvalue weighted by molar-refractivity contribution is -0.689. The molecule has 1 fully saturated rings. The van der Waals surface area contributed by atoms with Crippen LogP contribution in [0.2, 0.25) is 0 Å². The van der Waals surface area contributed by atoms with Gasteiger partial charge >= 0.3 is 13.7 Å². The average Bonchev–Trinajstić information content (AvgIpc) is 3.29. The number of carboxylic acid groups (broad SMARTS) is 1. The number of nitrogens with one attached hydrogen (secondary N) is 2. The summed E-state index contributed by atoms with van der Waals surface area (Å²) in [7, 11) is -4.65. The molecule has 1 unspecified atom stereocenters. The molecule has 0 aliphatic carbocycles. The molecular weight excluding hydrogens is 549 g/mol. The molecule has 2 aliphatic rings. The van der Waals surface area contributed by atoms with Gasteiger partial charge in [-0.25, -0.2) is 13.9 Å². The highest BCUT2D eigenvalue weighted by molar-refractivity contribution is 8.00. The van der Waals surface area contributed by atoms with Crippen molar-refractivity contribution >= 4 is 59.7 Å². The van der Waals surface area contributed by atoms with E-state index < -0.39 is 42.7 Å². The zero-order chi connectivity index (χ0) is 26.7. The second-order valence-corrected chi connectivity index (χ2v) is 10.8. The monoisotopic (exact) mass is 570 g/mol. The Balaban J connectivity index is 1.52. The Morgan fingerprint density at radius 3 is 2.70 bits per heavy atom. The van der Waals surface area contributed by atoms with Gasteiger partial charge in [0, 0.05) is 35.0 Å². The standard InChI is InChI=1S/C19H20N7O8PS2/c1-2-34-22-11(14-21-19(37-24-14)23-35(31,32)33)15(27)20-12-16(28)26-13(18(29)30)10(9-36-17(12)26)8-25-6-4-3-5-7-25/h3-7,12,17H,2,8-9H2,1H3,(H4-,20,21,23,24,27,29,30,31,32,33)/p+1/b22-11-/t12?,17-/m1/s1. The van der Waals surface area contributed by atoms with Crippen molar-refractivity contribution in [2.75, 3.05) is 17.4 Å². The number of carboxylic acids is 1. The van der Waals surface area contributed by atoms with E-state index in [1.807, 2.05) is 23.3 Å². The molecule has 2 aliphatic heterocycles. The number of oxime groups is 1. The number of aromatic nitrogens is 3. The molecule has 18 heteroatoms. The Hall–Kier alpha value is -3.37. The fraction of sp³-hybridized carbons (Fsp3) is 0.316. The van der Waals surface area contributed by atoms with Gasteiger partial charge in [-0.05, 0) is 6.92 Å². The Morgan fingerprint density at radius 2 is 2.05 bits per heavy atom. The summed E-state index contributed by atoms with van der Waals surface area (Å²) in [6.45, 7) is 2.00. The van der Waals surface area contributed by atoms with Crippen LogP contribution >= 0.6 is 31.0 Å². The molecule has 15 nitrogen and oxygen atoms in total. The summed E-state index contributed by atoms with van der Waals surface area (Å²) in [6.07, 6.45) is 3.58. The summed E-state index contributed by atoms with van der Waals surface area (Å²) < 4.78 is 16.8. The zero-order valence-electron chi connectivity index (χ0n) is 19.0. The molecule has 2 aromatic heterocycles. The number of fused-ring (bicyclic) bond motifs is 1. The first-order chi connectivity index (χ1) is 17.6. The molecule has 0 radical (unpaired) electrons. The molecule has 5 N–H and O–H groups in total. The van der Waals surface area contributed by atoms with Crippen LogP contribution in [0.5, 0.6) is 0 Å². The number of pyridine rings is 1. The highest BCUT2D eigenvalue weighted by atomic mass is 32.2. The van der Waals surface area contributed by atoms with E-state index in [2.05, 4.69) is 19.8 Å². The van der Waals surface area contributed by atoms with Crippen molar-refractivity contribution in [2.24, 2.45) is 5.16 Å². The van der Waals surface area contributed by atoms with E-state index in [-0.39, 0.29) is 29.8 Å². The summed E-state index contributed by atoms with van der Waals surface area (Å²) in [5.74, 6) is -2.68. The number of hydrogen-bond acceptors (Lipinski definition) is 10. The Labute approximate surface area is 217 Å². The first-order valence-electron chi connectivity index (χ1n) is 10.6. The first kappa shape index (κ1) is 26.7. The van der Waals surface area contributed by atoms with Gasteiger partial charge in [0.15, 0.2) is 18.9 Å². The second kappa shape index (κ2) is 10.9. The lowest BCUT2D eigenvalue weighted by atomic mass is 10.0. The van der Waals surface area contributed by atoms with Crippen LogP contribution in [0, 0.1) is 0 Å². The molecule has 37 heavy (non-hydrogen) atoms. The molecule has 2 atom stereocenters. The Bertz CT molecular complexity index is 1330. The van der Waals surface area contributed by atoms with E-state index in [4.69, 9.17) is 14.6 Å². The number of β-lactam (4-membered cyclic amide) rings is 1. The van der Waals surface area contributed by atoms with Gasteiger partial charge in [-0.1, -0.05) is 11.2 Å². The van der Waals surface area contributed by atoms with Crippen LogP contribution in [-0.4, -0.2) is 76.4 Å². The van der Waals surface area contributed by atoms with Crippen molar-refractivity contribution in [3.8, 4) is 0 Å². The van der Waals surface area contributed by atoms with Gasteiger partial charge in [-0.15, -0.1) is 11.8 Å². The van der Waals surface area contributed by atoms with Gasteiger partial charge in [0.25, 0.3) is 11.8 Å². The maximum atomic E-state index is 13.0. The Kier molecular flexibility index (Phi) is 7.89. The van der Waals surface area contributed by atoms with E-state index in [9.17, 15) is 24.1 Å². The number of thioether (sulfide) groups is 1. The molecule has 4 rings (SSSR count). The fourth-order valence-electron chi connectivity index (χ4n) is 3.58. The third-order valence-electron chi connectivity index (χ3n) is 5.07. The summed E-state index contributed by atoms with van der Waals surface area (Å²) in [6, 6.07) is 4.41. The van der Waals surface area contributed by atoms with Crippen molar-refractivity contribution in [1.82, 2.24) is 19.6 Å². The maximum Gasteiger partial charge on any atom is 0.429 e.